The van der Waals surface area contributed by atoms with E-state index in [9.17, 15) is 0 Å². The first-order valence-electron chi connectivity index (χ1n) is 4.39. The molecule has 1 unspecified atom stereocenters. The first-order chi connectivity index (χ1) is 5.72. The summed E-state index contributed by atoms with van der Waals surface area (Å²) in [6, 6.07) is 0. The number of rotatable bonds is 5. The molecule has 3 heteroatoms. The molecule has 12 heavy (non-hydrogen) atoms. The van der Waals surface area contributed by atoms with Crippen LogP contribution in [0.3, 0.4) is 0 Å². The van der Waals surface area contributed by atoms with Crippen LogP contribution in [0.2, 0.25) is 0 Å². The van der Waals surface area contributed by atoms with E-state index in [1.807, 2.05) is 0 Å². The summed E-state index contributed by atoms with van der Waals surface area (Å²) in [5, 5.41) is 3.30. The van der Waals surface area contributed by atoms with Gasteiger partial charge in [0.25, 0.3) is 6.47 Å². The molecular formula is C9H21NO2. The molecular weight excluding hydrogens is 154 g/mol. The van der Waals surface area contributed by atoms with Gasteiger partial charge in [-0.1, -0.05) is 27.2 Å². The second-order valence-electron chi connectivity index (χ2n) is 2.65. The molecule has 0 aliphatic heterocycles. The molecule has 0 aliphatic carbocycles. The lowest BCUT2D eigenvalue weighted by atomic mass is 10.1. The molecule has 0 aromatic carbocycles. The van der Waals surface area contributed by atoms with Crippen LogP contribution in [0.15, 0.2) is 0 Å². The highest BCUT2D eigenvalue weighted by Gasteiger charge is 1.93. The maximum atomic E-state index is 8.95. The van der Waals surface area contributed by atoms with Crippen molar-refractivity contribution >= 4 is 6.47 Å². The average Bonchev–Trinajstić information content (AvgIpc) is 2.14. The van der Waals surface area contributed by atoms with Crippen LogP contribution in [-0.4, -0.2) is 26.7 Å². The van der Waals surface area contributed by atoms with E-state index in [4.69, 9.17) is 4.79 Å². The zero-order valence-electron chi connectivity index (χ0n) is 8.59. The second kappa shape index (κ2) is 13.1. The molecule has 0 spiro atoms. The van der Waals surface area contributed by atoms with Gasteiger partial charge in [0.05, 0.1) is 7.11 Å². The Labute approximate surface area is 75.5 Å². The van der Waals surface area contributed by atoms with Crippen molar-refractivity contribution in [2.45, 2.75) is 27.2 Å². The predicted molar refractivity (Wildman–Crippen MR) is 51.1 cm³/mol. The fourth-order valence-electron chi connectivity index (χ4n) is 0.535. The van der Waals surface area contributed by atoms with Crippen LogP contribution in [0.4, 0.5) is 0 Å². The monoisotopic (exact) mass is 175 g/mol. The van der Waals surface area contributed by atoms with Crippen molar-refractivity contribution in [2.24, 2.45) is 5.92 Å². The summed E-state index contributed by atoms with van der Waals surface area (Å²) in [6.45, 7) is 9.28. The fourth-order valence-corrected chi connectivity index (χ4v) is 0.535. The van der Waals surface area contributed by atoms with Gasteiger partial charge in [0, 0.05) is 0 Å². The number of hydrogen-bond donors (Lipinski definition) is 1. The van der Waals surface area contributed by atoms with E-state index in [1.165, 1.54) is 20.1 Å². The first kappa shape index (κ1) is 14.0. The molecule has 74 valence electrons. The molecule has 0 fully saturated rings. The number of carbonyl (C=O) groups is 1. The Balaban J connectivity index is 0. The molecule has 0 radical (unpaired) electrons. The number of ether oxygens (including phenoxy) is 1. The topological polar surface area (TPSA) is 38.3 Å². The summed E-state index contributed by atoms with van der Waals surface area (Å²) in [5.74, 6) is 0.843. The third-order valence-corrected chi connectivity index (χ3v) is 1.54. The van der Waals surface area contributed by atoms with Gasteiger partial charge in [-0.15, -0.1) is 0 Å². The van der Waals surface area contributed by atoms with Crippen molar-refractivity contribution in [1.29, 1.82) is 0 Å². The maximum absolute atomic E-state index is 8.95. The quantitative estimate of drug-likeness (QED) is 0.642. The van der Waals surface area contributed by atoms with Crippen molar-refractivity contribution in [3.8, 4) is 0 Å². The van der Waals surface area contributed by atoms with Crippen LogP contribution in [0.1, 0.15) is 27.2 Å². The third-order valence-electron chi connectivity index (χ3n) is 1.54. The number of nitrogens with one attached hydrogen (secondary N) is 1. The van der Waals surface area contributed by atoms with Gasteiger partial charge in [-0.05, 0) is 19.0 Å². The molecule has 0 saturated heterocycles. The largest absolute Gasteiger partial charge is 0.471 e. The van der Waals surface area contributed by atoms with Crippen LogP contribution in [0.25, 0.3) is 0 Å². The summed E-state index contributed by atoms with van der Waals surface area (Å²) in [6.07, 6.45) is 1.28. The molecule has 0 aromatic heterocycles. The Morgan fingerprint density at radius 2 is 2.00 bits per heavy atom. The van der Waals surface area contributed by atoms with E-state index in [-0.39, 0.29) is 0 Å². The summed E-state index contributed by atoms with van der Waals surface area (Å²) >= 11 is 0. The van der Waals surface area contributed by atoms with Gasteiger partial charge in [-0.3, -0.25) is 4.79 Å². The molecule has 0 aliphatic rings. The van der Waals surface area contributed by atoms with E-state index < -0.39 is 0 Å². The van der Waals surface area contributed by atoms with Crippen molar-refractivity contribution in [1.82, 2.24) is 5.32 Å². The molecule has 0 rings (SSSR count). The molecule has 0 bridgehead atoms. The van der Waals surface area contributed by atoms with Crippen LogP contribution < -0.4 is 5.32 Å². The highest BCUT2D eigenvalue weighted by molar-refractivity contribution is 5.36. The molecule has 0 amide bonds. The van der Waals surface area contributed by atoms with Gasteiger partial charge in [0.15, 0.2) is 0 Å². The number of carbonyl (C=O) groups excluding carboxylic acids is 1. The lowest BCUT2D eigenvalue weighted by molar-refractivity contribution is -0.126. The number of hydrogen-bond acceptors (Lipinski definition) is 3. The second-order valence-corrected chi connectivity index (χ2v) is 2.65. The van der Waals surface area contributed by atoms with Gasteiger partial charge in [0.1, 0.15) is 0 Å². The maximum Gasteiger partial charge on any atom is 0.292 e. The molecule has 1 N–H and O–H groups in total. The summed E-state index contributed by atoms with van der Waals surface area (Å²) < 4.78 is 3.86. The summed E-state index contributed by atoms with van der Waals surface area (Å²) in [5.41, 5.74) is 0. The van der Waals surface area contributed by atoms with Crippen LogP contribution >= 0.6 is 0 Å². The van der Waals surface area contributed by atoms with E-state index in [2.05, 4.69) is 30.8 Å². The first-order valence-corrected chi connectivity index (χ1v) is 4.39. The number of methoxy groups -OCH3 is 1. The van der Waals surface area contributed by atoms with Crippen LogP contribution in [0, 0.1) is 5.92 Å². The van der Waals surface area contributed by atoms with Crippen LogP contribution in [0.5, 0.6) is 0 Å². The van der Waals surface area contributed by atoms with Gasteiger partial charge in [-0.2, -0.15) is 0 Å². The highest BCUT2D eigenvalue weighted by Crippen LogP contribution is 1.95. The Morgan fingerprint density at radius 1 is 1.50 bits per heavy atom. The van der Waals surface area contributed by atoms with Gasteiger partial charge in [0.2, 0.25) is 0 Å². The SMILES string of the molecule is CCNCC(C)CC.COC=O. The molecule has 0 saturated carbocycles. The van der Waals surface area contributed by atoms with Gasteiger partial charge < -0.3 is 10.1 Å². The Bertz CT molecular complexity index is 86.6. The summed E-state index contributed by atoms with van der Waals surface area (Å²) in [7, 11) is 1.31. The Kier molecular flexibility index (Phi) is 15.2. The lowest BCUT2D eigenvalue weighted by Crippen LogP contribution is -2.19. The van der Waals surface area contributed by atoms with Crippen LogP contribution in [-0.2, 0) is 9.53 Å². The Hall–Kier alpha value is -0.570. The predicted octanol–water partition coefficient (Wildman–Crippen LogP) is 1.43. The van der Waals surface area contributed by atoms with Gasteiger partial charge >= 0.3 is 0 Å². The molecule has 0 heterocycles. The minimum atomic E-state index is 0.375. The molecule has 0 aromatic rings. The zero-order chi connectivity index (χ0) is 9.82. The summed E-state index contributed by atoms with van der Waals surface area (Å²) in [4.78, 5) is 8.95. The zero-order valence-corrected chi connectivity index (χ0v) is 8.59. The molecule has 3 nitrogen and oxygen atoms in total. The standard InChI is InChI=1S/C7H17N.C2H4O2/c1-4-7(3)6-8-5-2;1-4-2-3/h7-8H,4-6H2,1-3H3;2H,1H3. The Morgan fingerprint density at radius 3 is 2.25 bits per heavy atom. The highest BCUT2D eigenvalue weighted by atomic mass is 16.5. The average molecular weight is 175 g/mol. The molecule has 1 atom stereocenters. The van der Waals surface area contributed by atoms with Gasteiger partial charge in [-0.25, -0.2) is 0 Å². The van der Waals surface area contributed by atoms with Crippen molar-refractivity contribution in [2.75, 3.05) is 20.2 Å². The van der Waals surface area contributed by atoms with Crippen molar-refractivity contribution < 1.29 is 9.53 Å². The van der Waals surface area contributed by atoms with Crippen molar-refractivity contribution in [3.05, 3.63) is 0 Å². The van der Waals surface area contributed by atoms with Crippen molar-refractivity contribution in [3.63, 3.8) is 0 Å². The minimum absolute atomic E-state index is 0.375. The van der Waals surface area contributed by atoms with E-state index in [0.29, 0.717) is 6.47 Å². The third kappa shape index (κ3) is 16.2. The smallest absolute Gasteiger partial charge is 0.292 e. The van der Waals surface area contributed by atoms with E-state index in [0.717, 1.165) is 12.5 Å². The minimum Gasteiger partial charge on any atom is -0.471 e. The fraction of sp³-hybridized carbons (Fsp3) is 0.889. The van der Waals surface area contributed by atoms with E-state index >= 15 is 0 Å². The lowest BCUT2D eigenvalue weighted by Gasteiger charge is -2.06. The normalized spacial score (nSPS) is 11.0. The van der Waals surface area contributed by atoms with E-state index in [1.54, 1.807) is 0 Å².